The van der Waals surface area contributed by atoms with Crippen molar-refractivity contribution in [1.29, 1.82) is 0 Å². The number of aliphatic imine (C=N–C) groups is 1. The summed E-state index contributed by atoms with van der Waals surface area (Å²) in [6, 6.07) is 1.31. The Morgan fingerprint density at radius 3 is 2.62 bits per heavy atom. The molecule has 0 aromatic rings. The molecule has 2 aliphatic rings. The highest BCUT2D eigenvalue weighted by Crippen LogP contribution is 2.19. The third kappa shape index (κ3) is 5.50. The van der Waals surface area contributed by atoms with Gasteiger partial charge in [-0.1, -0.05) is 12.8 Å². The van der Waals surface area contributed by atoms with Crippen LogP contribution in [-0.2, 0) is 0 Å². The molecule has 2 rings (SSSR count). The van der Waals surface area contributed by atoms with Gasteiger partial charge in [0.2, 0.25) is 0 Å². The maximum absolute atomic E-state index is 4.86. The van der Waals surface area contributed by atoms with Crippen LogP contribution in [-0.4, -0.2) is 49.1 Å². The van der Waals surface area contributed by atoms with Crippen molar-refractivity contribution >= 4 is 5.96 Å². The van der Waals surface area contributed by atoms with Gasteiger partial charge in [-0.3, -0.25) is 4.99 Å². The number of likely N-dealkylation sites (tertiary alicyclic amines) is 1. The molecule has 1 unspecified atom stereocenters. The minimum absolute atomic E-state index is 0.640. The molecule has 122 valence electrons. The SMILES string of the molecule is CCNC(=NCC1CCCN(C(C)C)C1)NC1CCCC1. The normalized spacial score (nSPS) is 25.5. The molecule has 2 fully saturated rings. The lowest BCUT2D eigenvalue weighted by Gasteiger charge is -2.34. The van der Waals surface area contributed by atoms with Gasteiger partial charge in [-0.25, -0.2) is 0 Å². The van der Waals surface area contributed by atoms with Gasteiger partial charge >= 0.3 is 0 Å². The van der Waals surface area contributed by atoms with Crippen LogP contribution < -0.4 is 10.6 Å². The van der Waals surface area contributed by atoms with Crippen LogP contribution in [0.4, 0.5) is 0 Å². The molecule has 1 aliphatic heterocycles. The molecule has 21 heavy (non-hydrogen) atoms. The van der Waals surface area contributed by atoms with Gasteiger partial charge in [-0.15, -0.1) is 0 Å². The van der Waals surface area contributed by atoms with Crippen molar-refractivity contribution in [2.45, 2.75) is 71.4 Å². The van der Waals surface area contributed by atoms with Crippen molar-refractivity contribution < 1.29 is 0 Å². The lowest BCUT2D eigenvalue weighted by Crippen LogP contribution is -2.44. The Hall–Kier alpha value is -0.770. The molecule has 4 heteroatoms. The number of rotatable bonds is 5. The Morgan fingerprint density at radius 1 is 1.19 bits per heavy atom. The largest absolute Gasteiger partial charge is 0.357 e. The van der Waals surface area contributed by atoms with Gasteiger partial charge in [-0.05, 0) is 58.9 Å². The molecule has 1 saturated carbocycles. The minimum atomic E-state index is 0.640. The number of nitrogens with zero attached hydrogens (tertiary/aromatic N) is 2. The summed E-state index contributed by atoms with van der Waals surface area (Å²) in [5.41, 5.74) is 0. The van der Waals surface area contributed by atoms with Gasteiger partial charge < -0.3 is 15.5 Å². The highest BCUT2D eigenvalue weighted by atomic mass is 15.2. The van der Waals surface area contributed by atoms with E-state index in [1.165, 1.54) is 51.6 Å². The number of hydrogen-bond acceptors (Lipinski definition) is 2. The second-order valence-electron chi connectivity index (χ2n) is 6.94. The van der Waals surface area contributed by atoms with E-state index in [4.69, 9.17) is 4.99 Å². The lowest BCUT2D eigenvalue weighted by atomic mass is 9.97. The first-order valence-corrected chi connectivity index (χ1v) is 8.98. The molecule has 0 bridgehead atoms. The second kappa shape index (κ2) is 8.62. The minimum Gasteiger partial charge on any atom is -0.357 e. The molecule has 0 spiro atoms. The monoisotopic (exact) mass is 294 g/mol. The molecular formula is C17H34N4. The van der Waals surface area contributed by atoms with Crippen LogP contribution in [0, 0.1) is 5.92 Å². The van der Waals surface area contributed by atoms with Crippen molar-refractivity contribution in [1.82, 2.24) is 15.5 Å². The first-order valence-electron chi connectivity index (χ1n) is 8.98. The molecule has 1 aliphatic carbocycles. The van der Waals surface area contributed by atoms with Gasteiger partial charge in [0.25, 0.3) is 0 Å². The topological polar surface area (TPSA) is 39.7 Å². The molecule has 1 saturated heterocycles. The fraction of sp³-hybridized carbons (Fsp3) is 0.941. The van der Waals surface area contributed by atoms with Crippen molar-refractivity contribution in [3.8, 4) is 0 Å². The maximum atomic E-state index is 4.86. The van der Waals surface area contributed by atoms with Crippen molar-refractivity contribution in [2.75, 3.05) is 26.2 Å². The van der Waals surface area contributed by atoms with Crippen LogP contribution >= 0.6 is 0 Å². The summed E-state index contributed by atoms with van der Waals surface area (Å²) in [5.74, 6) is 1.76. The molecule has 1 heterocycles. The number of nitrogens with one attached hydrogen (secondary N) is 2. The molecule has 0 aromatic heterocycles. The summed E-state index contributed by atoms with van der Waals surface area (Å²) in [7, 11) is 0. The zero-order chi connectivity index (χ0) is 15.1. The average Bonchev–Trinajstić information content (AvgIpc) is 2.98. The maximum Gasteiger partial charge on any atom is 0.191 e. The van der Waals surface area contributed by atoms with Gasteiger partial charge in [0.05, 0.1) is 0 Å². The van der Waals surface area contributed by atoms with E-state index in [0.29, 0.717) is 12.1 Å². The van der Waals surface area contributed by atoms with Crippen LogP contribution in [0.3, 0.4) is 0 Å². The summed E-state index contributed by atoms with van der Waals surface area (Å²) in [6.07, 6.45) is 7.98. The van der Waals surface area contributed by atoms with E-state index in [9.17, 15) is 0 Å². The fourth-order valence-electron chi connectivity index (χ4n) is 3.52. The molecule has 0 radical (unpaired) electrons. The summed E-state index contributed by atoms with van der Waals surface area (Å²) in [6.45, 7) is 11.1. The molecule has 4 nitrogen and oxygen atoms in total. The molecular weight excluding hydrogens is 260 g/mol. The Morgan fingerprint density at radius 2 is 1.95 bits per heavy atom. The van der Waals surface area contributed by atoms with Crippen molar-refractivity contribution in [3.05, 3.63) is 0 Å². The third-order valence-corrected chi connectivity index (χ3v) is 4.83. The van der Waals surface area contributed by atoms with Crippen molar-refractivity contribution in [3.63, 3.8) is 0 Å². The van der Waals surface area contributed by atoms with Gasteiger partial charge in [-0.2, -0.15) is 0 Å². The predicted octanol–water partition coefficient (Wildman–Crippen LogP) is 2.60. The summed E-state index contributed by atoms with van der Waals surface area (Å²) >= 11 is 0. The Labute approximate surface area is 130 Å². The zero-order valence-corrected chi connectivity index (χ0v) is 14.2. The molecule has 1 atom stereocenters. The highest BCUT2D eigenvalue weighted by molar-refractivity contribution is 5.80. The first-order chi connectivity index (χ1) is 10.2. The number of hydrogen-bond donors (Lipinski definition) is 2. The Bertz CT molecular complexity index is 321. The van der Waals surface area contributed by atoms with E-state index in [0.717, 1.165) is 25.0 Å². The van der Waals surface area contributed by atoms with Crippen LogP contribution in [0.15, 0.2) is 4.99 Å². The number of piperidine rings is 1. The van der Waals surface area contributed by atoms with Gasteiger partial charge in [0.1, 0.15) is 0 Å². The predicted molar refractivity (Wildman–Crippen MR) is 90.8 cm³/mol. The quantitative estimate of drug-likeness (QED) is 0.605. The van der Waals surface area contributed by atoms with Crippen LogP contribution in [0.25, 0.3) is 0 Å². The first kappa shape index (κ1) is 16.6. The molecule has 0 aromatic carbocycles. The van der Waals surface area contributed by atoms with Gasteiger partial charge in [0, 0.05) is 31.7 Å². The van der Waals surface area contributed by atoms with E-state index < -0.39 is 0 Å². The van der Waals surface area contributed by atoms with Gasteiger partial charge in [0.15, 0.2) is 5.96 Å². The third-order valence-electron chi connectivity index (χ3n) is 4.83. The summed E-state index contributed by atoms with van der Waals surface area (Å²) in [4.78, 5) is 7.46. The van der Waals surface area contributed by atoms with Crippen molar-refractivity contribution in [2.24, 2.45) is 10.9 Å². The zero-order valence-electron chi connectivity index (χ0n) is 14.2. The summed E-state index contributed by atoms with van der Waals surface area (Å²) in [5, 5.41) is 7.02. The van der Waals surface area contributed by atoms with Crippen LogP contribution in [0.2, 0.25) is 0 Å². The van der Waals surface area contributed by atoms with Crippen LogP contribution in [0.1, 0.15) is 59.3 Å². The standard InChI is InChI=1S/C17H34N4/c1-4-18-17(20-16-9-5-6-10-16)19-12-15-8-7-11-21(13-15)14(2)3/h14-16H,4-13H2,1-3H3,(H2,18,19,20). The summed E-state index contributed by atoms with van der Waals surface area (Å²) < 4.78 is 0. The van der Waals surface area contributed by atoms with E-state index in [1.807, 2.05) is 0 Å². The second-order valence-corrected chi connectivity index (χ2v) is 6.94. The lowest BCUT2D eigenvalue weighted by molar-refractivity contribution is 0.143. The van der Waals surface area contributed by atoms with Crippen LogP contribution in [0.5, 0.6) is 0 Å². The number of guanidine groups is 1. The fourth-order valence-corrected chi connectivity index (χ4v) is 3.52. The smallest absolute Gasteiger partial charge is 0.191 e. The van der Waals surface area contributed by atoms with E-state index in [-0.39, 0.29) is 0 Å². The Kier molecular flexibility index (Phi) is 6.81. The average molecular weight is 294 g/mol. The highest BCUT2D eigenvalue weighted by Gasteiger charge is 2.22. The van der Waals surface area contributed by atoms with E-state index in [2.05, 4.69) is 36.3 Å². The van der Waals surface area contributed by atoms with E-state index >= 15 is 0 Å². The van der Waals surface area contributed by atoms with E-state index in [1.54, 1.807) is 0 Å². The molecule has 2 N–H and O–H groups in total. The molecule has 0 amide bonds. The Balaban J connectivity index is 1.82.